The molecule has 17 heavy (non-hydrogen) atoms. The van der Waals surface area contributed by atoms with Crippen molar-refractivity contribution < 1.29 is 4.79 Å². The van der Waals surface area contributed by atoms with Crippen molar-refractivity contribution >= 4 is 5.91 Å². The van der Waals surface area contributed by atoms with Gasteiger partial charge in [0.15, 0.2) is 0 Å². The number of rotatable bonds is 1. The van der Waals surface area contributed by atoms with E-state index in [1.54, 1.807) is 0 Å². The van der Waals surface area contributed by atoms with Crippen molar-refractivity contribution in [3.63, 3.8) is 0 Å². The normalized spacial score (nSPS) is 36.3. The predicted octanol–water partition coefficient (Wildman–Crippen LogP) is 0.291. The Kier molecular flexibility index (Phi) is 3.09. The molecule has 3 rings (SSSR count). The summed E-state index contributed by atoms with van der Waals surface area (Å²) in [5.74, 6) is 0.987. The van der Waals surface area contributed by atoms with Crippen molar-refractivity contribution in [2.24, 2.45) is 5.92 Å². The Morgan fingerprint density at radius 2 is 2.06 bits per heavy atom. The van der Waals surface area contributed by atoms with E-state index >= 15 is 0 Å². The summed E-state index contributed by atoms with van der Waals surface area (Å²) >= 11 is 0. The highest BCUT2D eigenvalue weighted by Crippen LogP contribution is 2.34. The largest absolute Gasteiger partial charge is 0.343 e. The van der Waals surface area contributed by atoms with E-state index in [4.69, 9.17) is 0 Å². The second-order valence-corrected chi connectivity index (χ2v) is 5.80. The van der Waals surface area contributed by atoms with Gasteiger partial charge < -0.3 is 10.2 Å². The van der Waals surface area contributed by atoms with Crippen LogP contribution in [0.25, 0.3) is 0 Å². The molecule has 3 aliphatic rings. The Morgan fingerprint density at radius 1 is 1.29 bits per heavy atom. The fourth-order valence-electron chi connectivity index (χ4n) is 3.83. The molecule has 0 spiro atoms. The minimum atomic E-state index is 0.184. The van der Waals surface area contributed by atoms with Crippen LogP contribution >= 0.6 is 0 Å². The van der Waals surface area contributed by atoms with Gasteiger partial charge in [0.1, 0.15) is 0 Å². The van der Waals surface area contributed by atoms with E-state index in [1.807, 2.05) is 11.9 Å². The maximum absolute atomic E-state index is 12.4. The molecule has 4 nitrogen and oxygen atoms in total. The van der Waals surface area contributed by atoms with Crippen molar-refractivity contribution in [1.82, 2.24) is 15.1 Å². The summed E-state index contributed by atoms with van der Waals surface area (Å²) in [6.45, 7) is 4.03. The molecule has 96 valence electrons. The second kappa shape index (κ2) is 4.58. The number of piperazine rings is 2. The number of amides is 1. The minimum absolute atomic E-state index is 0.184. The van der Waals surface area contributed by atoms with Crippen molar-refractivity contribution in [3.8, 4) is 0 Å². The van der Waals surface area contributed by atoms with Crippen LogP contribution in [0.4, 0.5) is 0 Å². The Labute approximate surface area is 103 Å². The first-order valence-corrected chi connectivity index (χ1v) is 6.99. The molecule has 0 aromatic rings. The molecule has 1 N–H and O–H groups in total. The zero-order valence-corrected chi connectivity index (χ0v) is 10.7. The maximum atomic E-state index is 12.4. The van der Waals surface area contributed by atoms with Crippen LogP contribution in [0.15, 0.2) is 0 Å². The van der Waals surface area contributed by atoms with Crippen LogP contribution in [0.1, 0.15) is 25.7 Å². The van der Waals surface area contributed by atoms with Gasteiger partial charge in [0.2, 0.25) is 5.91 Å². The molecular weight excluding hydrogens is 214 g/mol. The molecule has 4 heteroatoms. The number of carbonyl (C=O) groups excluding carboxylic acids is 1. The van der Waals surface area contributed by atoms with Gasteiger partial charge in [-0.05, 0) is 18.8 Å². The van der Waals surface area contributed by atoms with Gasteiger partial charge in [0, 0.05) is 39.3 Å². The lowest BCUT2D eigenvalue weighted by atomic mass is 9.90. The van der Waals surface area contributed by atoms with Crippen molar-refractivity contribution in [2.45, 2.75) is 37.8 Å². The zero-order chi connectivity index (χ0) is 11.8. The zero-order valence-electron chi connectivity index (χ0n) is 10.7. The number of hydrogen-bond donors (Lipinski definition) is 1. The number of fused-ring (bicyclic) bond motifs is 1. The summed E-state index contributed by atoms with van der Waals surface area (Å²) in [5.41, 5.74) is 0. The first-order valence-electron chi connectivity index (χ1n) is 6.99. The molecule has 2 aliphatic heterocycles. The van der Waals surface area contributed by atoms with Crippen molar-refractivity contribution in [3.05, 3.63) is 0 Å². The van der Waals surface area contributed by atoms with Gasteiger partial charge in [-0.2, -0.15) is 0 Å². The first kappa shape index (κ1) is 11.5. The fraction of sp³-hybridized carbons (Fsp3) is 0.923. The van der Waals surface area contributed by atoms with E-state index in [1.165, 1.54) is 25.7 Å². The first-order chi connectivity index (χ1) is 8.27. The van der Waals surface area contributed by atoms with Crippen LogP contribution < -0.4 is 5.32 Å². The number of likely N-dealkylation sites (N-methyl/N-ethyl adjacent to an activating group) is 1. The summed E-state index contributed by atoms with van der Waals surface area (Å²) in [6, 6.07) is 0.723. The lowest BCUT2D eigenvalue weighted by molar-refractivity contribution is -0.147. The van der Waals surface area contributed by atoms with Crippen LogP contribution in [-0.2, 0) is 4.79 Å². The highest BCUT2D eigenvalue weighted by molar-refractivity contribution is 5.83. The quantitative estimate of drug-likeness (QED) is 0.712. The summed E-state index contributed by atoms with van der Waals surface area (Å²) in [6.07, 6.45) is 5.13. The van der Waals surface area contributed by atoms with Gasteiger partial charge in [-0.1, -0.05) is 12.8 Å². The Morgan fingerprint density at radius 3 is 2.82 bits per heavy atom. The van der Waals surface area contributed by atoms with Crippen LogP contribution in [0.2, 0.25) is 0 Å². The summed E-state index contributed by atoms with van der Waals surface area (Å²) in [4.78, 5) is 16.9. The van der Waals surface area contributed by atoms with Crippen LogP contribution in [0.5, 0.6) is 0 Å². The number of nitrogens with one attached hydrogen (secondary N) is 1. The van der Waals surface area contributed by atoms with E-state index in [0.717, 1.165) is 26.2 Å². The molecule has 3 fully saturated rings. The lowest BCUT2D eigenvalue weighted by Gasteiger charge is -2.49. The molecule has 1 amide bonds. The molecule has 2 unspecified atom stereocenters. The molecule has 0 aromatic heterocycles. The summed E-state index contributed by atoms with van der Waals surface area (Å²) in [7, 11) is 1.97. The van der Waals surface area contributed by atoms with E-state index < -0.39 is 0 Å². The van der Waals surface area contributed by atoms with Gasteiger partial charge >= 0.3 is 0 Å². The van der Waals surface area contributed by atoms with E-state index in [0.29, 0.717) is 17.9 Å². The monoisotopic (exact) mass is 237 g/mol. The fourth-order valence-corrected chi connectivity index (χ4v) is 3.83. The van der Waals surface area contributed by atoms with E-state index in [-0.39, 0.29) is 6.04 Å². The average molecular weight is 237 g/mol. The van der Waals surface area contributed by atoms with Crippen LogP contribution in [0, 0.1) is 5.92 Å². The standard InChI is InChI=1S/C13H23N3O/c1-15-9-11-8-14-6-7-16(11)12(13(15)17)10-4-2-3-5-10/h10-12,14H,2-9H2,1H3. The molecule has 2 heterocycles. The third-order valence-corrected chi connectivity index (χ3v) is 4.71. The Balaban J connectivity index is 1.82. The number of nitrogens with zero attached hydrogens (tertiary/aromatic N) is 2. The highest BCUT2D eigenvalue weighted by atomic mass is 16.2. The topological polar surface area (TPSA) is 35.6 Å². The van der Waals surface area contributed by atoms with Crippen LogP contribution in [-0.4, -0.2) is 61.0 Å². The average Bonchev–Trinajstić information content (AvgIpc) is 2.84. The minimum Gasteiger partial charge on any atom is -0.343 e. The maximum Gasteiger partial charge on any atom is 0.240 e. The lowest BCUT2D eigenvalue weighted by Crippen LogP contribution is -2.68. The Bertz CT molecular complexity index is 301. The molecule has 2 atom stereocenters. The molecule has 0 bridgehead atoms. The molecule has 1 aliphatic carbocycles. The molecule has 0 aromatic carbocycles. The van der Waals surface area contributed by atoms with E-state index in [2.05, 4.69) is 10.2 Å². The van der Waals surface area contributed by atoms with Crippen molar-refractivity contribution in [1.29, 1.82) is 0 Å². The SMILES string of the molecule is CN1CC2CNCCN2C(C2CCCC2)C1=O. The molecule has 1 saturated carbocycles. The third kappa shape index (κ3) is 1.97. The van der Waals surface area contributed by atoms with Crippen molar-refractivity contribution in [2.75, 3.05) is 33.2 Å². The van der Waals surface area contributed by atoms with Gasteiger partial charge in [-0.25, -0.2) is 0 Å². The molecule has 0 radical (unpaired) electrons. The van der Waals surface area contributed by atoms with Gasteiger partial charge in [-0.15, -0.1) is 0 Å². The predicted molar refractivity (Wildman–Crippen MR) is 66.7 cm³/mol. The second-order valence-electron chi connectivity index (χ2n) is 5.80. The van der Waals surface area contributed by atoms with E-state index in [9.17, 15) is 4.79 Å². The molecular formula is C13H23N3O. The third-order valence-electron chi connectivity index (χ3n) is 4.71. The van der Waals surface area contributed by atoms with Gasteiger partial charge in [0.05, 0.1) is 6.04 Å². The number of carbonyl (C=O) groups is 1. The Hall–Kier alpha value is -0.610. The smallest absolute Gasteiger partial charge is 0.240 e. The highest BCUT2D eigenvalue weighted by Gasteiger charge is 2.44. The summed E-state index contributed by atoms with van der Waals surface area (Å²) in [5, 5.41) is 3.45. The summed E-state index contributed by atoms with van der Waals surface area (Å²) < 4.78 is 0. The van der Waals surface area contributed by atoms with Crippen LogP contribution in [0.3, 0.4) is 0 Å². The van der Waals surface area contributed by atoms with Gasteiger partial charge in [-0.3, -0.25) is 9.69 Å². The van der Waals surface area contributed by atoms with Gasteiger partial charge in [0.25, 0.3) is 0 Å². The molecule has 2 saturated heterocycles. The number of hydrogen-bond acceptors (Lipinski definition) is 3.